The molecule has 0 spiro atoms. The number of imidazole rings is 1. The van der Waals surface area contributed by atoms with Gasteiger partial charge in [-0.1, -0.05) is 12.1 Å². The number of carbonyl (C=O) groups is 4. The number of likely N-dealkylation sites (N-methyl/N-ethyl adjacent to an activating group) is 1. The van der Waals surface area contributed by atoms with E-state index in [-0.39, 0.29) is 5.91 Å². The molecule has 1 aliphatic heterocycles. The van der Waals surface area contributed by atoms with Crippen molar-refractivity contribution in [2.45, 2.75) is 31.5 Å². The highest BCUT2D eigenvalue weighted by Gasteiger charge is 2.39. The van der Waals surface area contributed by atoms with E-state index in [4.69, 9.17) is 34.7 Å². The first-order valence-electron chi connectivity index (χ1n) is 15.6. The summed E-state index contributed by atoms with van der Waals surface area (Å²) in [7, 11) is 2.16. The molecule has 0 aliphatic carbocycles. The van der Waals surface area contributed by atoms with E-state index in [0.29, 0.717) is 12.2 Å². The number of nitrogens with zero attached hydrogens (tertiary/aromatic N) is 6. The molecule has 5 heterocycles. The third-order valence-electron chi connectivity index (χ3n) is 7.12. The molecule has 5 rings (SSSR count). The third-order valence-corrected chi connectivity index (χ3v) is 7.12. The molecule has 4 aromatic rings. The zero-order chi connectivity index (χ0) is 41.6. The first-order chi connectivity index (χ1) is 25.5. The summed E-state index contributed by atoms with van der Waals surface area (Å²) in [6.07, 6.45) is -4.61. The molecule has 0 saturated carbocycles. The predicted octanol–water partition coefficient (Wildman–Crippen LogP) is 4.51. The van der Waals surface area contributed by atoms with Crippen molar-refractivity contribution in [1.82, 2.24) is 34.1 Å². The summed E-state index contributed by atoms with van der Waals surface area (Å²) in [5.74, 6) is -7.63. The van der Waals surface area contributed by atoms with Gasteiger partial charge in [-0.25, -0.2) is 19.4 Å². The van der Waals surface area contributed by atoms with E-state index in [2.05, 4.69) is 44.0 Å². The van der Waals surface area contributed by atoms with Crippen LogP contribution in [0.3, 0.4) is 0 Å². The number of carboxylic acid groups (broad SMARTS) is 3. The van der Waals surface area contributed by atoms with Gasteiger partial charge in [0.25, 0.3) is 5.91 Å². The zero-order valence-corrected chi connectivity index (χ0v) is 28.6. The summed E-state index contributed by atoms with van der Waals surface area (Å²) in [5, 5.41) is 24.5. The Morgan fingerprint density at radius 3 is 1.85 bits per heavy atom. The van der Waals surface area contributed by atoms with E-state index in [9.17, 15) is 44.3 Å². The van der Waals surface area contributed by atoms with Crippen LogP contribution in [-0.2, 0) is 20.9 Å². The smallest absolute Gasteiger partial charge is 0.475 e. The Kier molecular flexibility index (Phi) is 16.6. The second kappa shape index (κ2) is 20.1. The minimum atomic E-state index is -5.08. The molecule has 4 N–H and O–H groups in total. The number of piperazine rings is 1. The Bertz CT molecular complexity index is 1800. The fraction of sp³-hybridized carbons (Fsp3) is 0.375. The van der Waals surface area contributed by atoms with E-state index in [1.807, 2.05) is 53.3 Å². The number of aromatic nitrogens is 4. The number of pyridine rings is 2. The minimum Gasteiger partial charge on any atom is -0.475 e. The molecule has 14 nitrogen and oxygen atoms in total. The van der Waals surface area contributed by atoms with Crippen molar-refractivity contribution >= 4 is 29.3 Å². The Morgan fingerprint density at radius 2 is 1.35 bits per heavy atom. The average molecular weight is 800 g/mol. The number of hydrogen-bond donors (Lipinski definition) is 4. The lowest BCUT2D eigenvalue weighted by molar-refractivity contribution is -0.193. The molecule has 0 unspecified atom stereocenters. The lowest BCUT2D eigenvalue weighted by atomic mass is 10.3. The van der Waals surface area contributed by atoms with Crippen LogP contribution in [0.2, 0.25) is 0 Å². The van der Waals surface area contributed by atoms with Crippen molar-refractivity contribution in [3.63, 3.8) is 0 Å². The van der Waals surface area contributed by atoms with Crippen LogP contribution in [0.1, 0.15) is 22.5 Å². The second-order valence-electron chi connectivity index (χ2n) is 11.3. The maximum atomic E-state index is 13.0. The summed E-state index contributed by atoms with van der Waals surface area (Å²) >= 11 is 0. The Hall–Kier alpha value is -5.71. The van der Waals surface area contributed by atoms with Crippen LogP contribution >= 0.6 is 0 Å². The number of aliphatic carboxylic acids is 3. The highest BCUT2D eigenvalue weighted by atomic mass is 19.4. The molecule has 4 aromatic heterocycles. The minimum absolute atomic E-state index is 0.122. The number of halogens is 9. The van der Waals surface area contributed by atoms with Crippen molar-refractivity contribution in [1.29, 1.82) is 0 Å². The third kappa shape index (κ3) is 15.7. The van der Waals surface area contributed by atoms with Gasteiger partial charge in [-0.3, -0.25) is 14.2 Å². The largest absolute Gasteiger partial charge is 0.490 e. The number of carbonyl (C=O) groups excluding carboxylic acids is 1. The van der Waals surface area contributed by atoms with Crippen molar-refractivity contribution in [3.05, 3.63) is 78.6 Å². The normalized spacial score (nSPS) is 13.6. The van der Waals surface area contributed by atoms with E-state index in [0.717, 1.165) is 68.2 Å². The van der Waals surface area contributed by atoms with Crippen LogP contribution in [-0.4, -0.2) is 133 Å². The SMILES string of the molecule is CN1CCN(CCCNC(=O)c2nc(-c3ccn(Cc4cccnc4)c3)n3ccccc23)CC1.O=C(O)C(F)(F)F.O=C(O)C(F)(F)F.O=C(O)C(F)(F)F. The van der Waals surface area contributed by atoms with Gasteiger partial charge in [0.1, 0.15) is 5.82 Å². The standard InChI is InChI=1S/C26H31N7O.3C2HF3O2/c1-30-14-16-31(17-15-30)11-5-10-28-26(34)24-23-7-2-3-12-33(23)25(29-24)22-8-13-32(20-22)19-21-6-4-9-27-18-21;3*3-2(4,5)1(6)7/h2-4,6-9,12-13,18,20H,5,10-11,14-17,19H2,1H3,(H,28,34);3*(H,6,7). The molecule has 1 saturated heterocycles. The van der Waals surface area contributed by atoms with E-state index in [1.165, 1.54) is 0 Å². The quantitative estimate of drug-likeness (QED) is 0.145. The molecule has 0 aromatic carbocycles. The number of rotatable bonds is 8. The fourth-order valence-corrected chi connectivity index (χ4v) is 4.44. The average Bonchev–Trinajstić information content (AvgIpc) is 3.72. The van der Waals surface area contributed by atoms with Gasteiger partial charge < -0.3 is 35.0 Å². The lowest BCUT2D eigenvalue weighted by Gasteiger charge is -2.32. The van der Waals surface area contributed by atoms with E-state index >= 15 is 0 Å². The molecule has 55 heavy (non-hydrogen) atoms. The zero-order valence-electron chi connectivity index (χ0n) is 28.6. The number of nitrogens with one attached hydrogen (secondary N) is 1. The molecule has 1 aliphatic rings. The maximum Gasteiger partial charge on any atom is 0.490 e. The Morgan fingerprint density at radius 1 is 0.782 bits per heavy atom. The summed E-state index contributed by atoms with van der Waals surface area (Å²) in [5.41, 5.74) is 3.39. The van der Waals surface area contributed by atoms with E-state index in [1.54, 1.807) is 6.20 Å². The monoisotopic (exact) mass is 799 g/mol. The summed E-state index contributed by atoms with van der Waals surface area (Å²) in [4.78, 5) is 53.5. The highest BCUT2D eigenvalue weighted by molar-refractivity contribution is 6.00. The molecular weight excluding hydrogens is 765 g/mol. The molecule has 23 heteroatoms. The highest BCUT2D eigenvalue weighted by Crippen LogP contribution is 2.24. The van der Waals surface area contributed by atoms with Crippen molar-refractivity contribution < 1.29 is 74.0 Å². The van der Waals surface area contributed by atoms with Crippen LogP contribution in [0, 0.1) is 0 Å². The van der Waals surface area contributed by atoms with E-state index < -0.39 is 36.4 Å². The van der Waals surface area contributed by atoms with Crippen LogP contribution in [0.5, 0.6) is 0 Å². The van der Waals surface area contributed by atoms with Gasteiger partial charge in [0, 0.05) is 75.8 Å². The van der Waals surface area contributed by atoms with Gasteiger partial charge in [0.15, 0.2) is 5.69 Å². The van der Waals surface area contributed by atoms with Crippen molar-refractivity contribution in [2.24, 2.45) is 0 Å². The summed E-state index contributed by atoms with van der Waals surface area (Å²) in [6, 6.07) is 11.9. The molecule has 0 atom stereocenters. The van der Waals surface area contributed by atoms with Crippen molar-refractivity contribution in [2.75, 3.05) is 46.3 Å². The summed E-state index contributed by atoms with van der Waals surface area (Å²) < 4.78 is 99.3. The van der Waals surface area contributed by atoms with Gasteiger partial charge in [-0.15, -0.1) is 0 Å². The van der Waals surface area contributed by atoms with Gasteiger partial charge >= 0.3 is 36.4 Å². The van der Waals surface area contributed by atoms with Crippen LogP contribution in [0.25, 0.3) is 16.9 Å². The number of fused-ring (bicyclic) bond motifs is 1. The molecule has 0 radical (unpaired) electrons. The maximum absolute atomic E-state index is 13.0. The fourth-order valence-electron chi connectivity index (χ4n) is 4.44. The summed E-state index contributed by atoms with van der Waals surface area (Å²) in [6.45, 7) is 6.80. The number of alkyl halides is 9. The van der Waals surface area contributed by atoms with Crippen LogP contribution in [0.15, 0.2) is 67.4 Å². The topological polar surface area (TPSA) is 183 Å². The Balaban J connectivity index is 0.000000408. The molecule has 302 valence electrons. The number of carboxylic acids is 3. The lowest BCUT2D eigenvalue weighted by Crippen LogP contribution is -2.45. The molecule has 1 fully saturated rings. The van der Waals surface area contributed by atoms with Gasteiger partial charge in [0.2, 0.25) is 0 Å². The number of hydrogen-bond acceptors (Lipinski definition) is 8. The van der Waals surface area contributed by atoms with Crippen molar-refractivity contribution in [3.8, 4) is 11.4 Å². The molecule has 0 bridgehead atoms. The van der Waals surface area contributed by atoms with Crippen LogP contribution in [0.4, 0.5) is 39.5 Å². The predicted molar refractivity (Wildman–Crippen MR) is 174 cm³/mol. The van der Waals surface area contributed by atoms with Gasteiger partial charge in [0.05, 0.1) is 5.52 Å². The first kappa shape index (κ1) is 45.4. The van der Waals surface area contributed by atoms with Gasteiger partial charge in [-0.2, -0.15) is 39.5 Å². The first-order valence-corrected chi connectivity index (χ1v) is 15.6. The Labute approximate surface area is 305 Å². The molecular formula is C32H34F9N7O7. The van der Waals surface area contributed by atoms with Gasteiger partial charge in [-0.05, 0) is 49.8 Å². The number of amides is 1. The van der Waals surface area contributed by atoms with Crippen LogP contribution < -0.4 is 5.32 Å². The molecule has 1 amide bonds. The second-order valence-corrected chi connectivity index (χ2v) is 11.3.